The number of phenols is 1. The van der Waals surface area contributed by atoms with Crippen LogP contribution in [-0.2, 0) is 9.53 Å². The number of methoxy groups -OCH3 is 1. The Morgan fingerprint density at radius 3 is 2.52 bits per heavy atom. The van der Waals surface area contributed by atoms with Crippen LogP contribution in [0.2, 0.25) is 0 Å². The summed E-state index contributed by atoms with van der Waals surface area (Å²) in [7, 11) is 3.19. The summed E-state index contributed by atoms with van der Waals surface area (Å²) in [6.07, 6.45) is 3.12. The molecule has 0 saturated carbocycles. The van der Waals surface area contributed by atoms with Gasteiger partial charge in [-0.1, -0.05) is 18.7 Å². The molecule has 0 radical (unpaired) electrons. The summed E-state index contributed by atoms with van der Waals surface area (Å²) in [5, 5.41) is 15.2. The van der Waals surface area contributed by atoms with Crippen molar-refractivity contribution in [3.05, 3.63) is 78.0 Å². The zero-order valence-electron chi connectivity index (χ0n) is 15.0. The first-order valence-electron chi connectivity index (χ1n) is 8.24. The van der Waals surface area contributed by atoms with E-state index in [0.29, 0.717) is 33.8 Å². The van der Waals surface area contributed by atoms with Crippen molar-refractivity contribution in [3.8, 4) is 16.9 Å². The molecule has 5 nitrogen and oxygen atoms in total. The standard InChI is InChI=1S/C21H19FN2O3/c1-4-18(27-3)17(23-2)11-14-20-16(24-21(14)26)10-9-15(22)19(20)12-5-7-13(25)8-6-12/h4-11,23,25H,1H2,2-3H3,(H,24,26)/b14-11-,18-17+. The quantitative estimate of drug-likeness (QED) is 0.428. The minimum atomic E-state index is -0.465. The molecule has 6 heteroatoms. The molecule has 2 aromatic carbocycles. The largest absolute Gasteiger partial charge is 0.508 e. The van der Waals surface area contributed by atoms with E-state index in [2.05, 4.69) is 17.2 Å². The second-order valence-corrected chi connectivity index (χ2v) is 5.84. The number of hydrogen-bond acceptors (Lipinski definition) is 4. The summed E-state index contributed by atoms with van der Waals surface area (Å²) in [6, 6.07) is 8.99. The van der Waals surface area contributed by atoms with Gasteiger partial charge in [0, 0.05) is 23.9 Å². The van der Waals surface area contributed by atoms with Crippen LogP contribution >= 0.6 is 0 Å². The molecule has 1 heterocycles. The number of likely N-dealkylation sites (N-methyl/N-ethyl adjacent to an activating group) is 1. The highest BCUT2D eigenvalue weighted by Gasteiger charge is 2.30. The van der Waals surface area contributed by atoms with E-state index >= 15 is 0 Å². The molecule has 1 aliphatic heterocycles. The molecule has 0 unspecified atom stereocenters. The number of hydrogen-bond donors (Lipinski definition) is 3. The third-order valence-electron chi connectivity index (χ3n) is 4.30. The average Bonchev–Trinajstić information content (AvgIpc) is 2.98. The molecule has 3 rings (SSSR count). The van der Waals surface area contributed by atoms with Crippen molar-refractivity contribution in [3.63, 3.8) is 0 Å². The number of benzene rings is 2. The lowest BCUT2D eigenvalue weighted by Gasteiger charge is -2.12. The number of amides is 1. The van der Waals surface area contributed by atoms with Crippen LogP contribution in [-0.4, -0.2) is 25.2 Å². The number of nitrogens with one attached hydrogen (secondary N) is 2. The number of phenolic OH excluding ortho intramolecular Hbond substituents is 1. The second-order valence-electron chi connectivity index (χ2n) is 5.84. The van der Waals surface area contributed by atoms with Gasteiger partial charge >= 0.3 is 0 Å². The van der Waals surface area contributed by atoms with Crippen LogP contribution in [0.5, 0.6) is 5.75 Å². The molecule has 0 saturated heterocycles. The third-order valence-corrected chi connectivity index (χ3v) is 4.30. The molecule has 0 bridgehead atoms. The maximum absolute atomic E-state index is 14.7. The monoisotopic (exact) mass is 366 g/mol. The topological polar surface area (TPSA) is 70.6 Å². The Labute approximate surface area is 156 Å². The molecule has 0 spiro atoms. The third kappa shape index (κ3) is 3.29. The van der Waals surface area contributed by atoms with Crippen LogP contribution in [0, 0.1) is 5.82 Å². The van der Waals surface area contributed by atoms with Crippen molar-refractivity contribution < 1.29 is 19.0 Å². The number of aromatic hydroxyl groups is 1. The Morgan fingerprint density at radius 1 is 1.22 bits per heavy atom. The summed E-state index contributed by atoms with van der Waals surface area (Å²) in [5.41, 5.74) is 2.64. The first-order valence-corrected chi connectivity index (χ1v) is 8.24. The fourth-order valence-electron chi connectivity index (χ4n) is 3.03. The van der Waals surface area contributed by atoms with Gasteiger partial charge in [-0.25, -0.2) is 4.39 Å². The van der Waals surface area contributed by atoms with Gasteiger partial charge in [0.15, 0.2) is 0 Å². The fraction of sp³-hybridized carbons (Fsp3) is 0.0952. The van der Waals surface area contributed by atoms with Gasteiger partial charge in [-0.3, -0.25) is 4.79 Å². The number of halogens is 1. The van der Waals surface area contributed by atoms with E-state index in [4.69, 9.17) is 4.74 Å². The van der Waals surface area contributed by atoms with Crippen LogP contribution in [0.25, 0.3) is 16.7 Å². The summed E-state index contributed by atoms with van der Waals surface area (Å²) >= 11 is 0. The molecular formula is C21H19FN2O3. The maximum Gasteiger partial charge on any atom is 0.256 e. The lowest BCUT2D eigenvalue weighted by Crippen LogP contribution is -2.10. The normalized spacial score (nSPS) is 15.1. The molecule has 1 amide bonds. The first-order chi connectivity index (χ1) is 13.0. The van der Waals surface area contributed by atoms with E-state index in [-0.39, 0.29) is 17.2 Å². The average molecular weight is 366 g/mol. The van der Waals surface area contributed by atoms with Gasteiger partial charge in [-0.2, -0.15) is 0 Å². The zero-order valence-corrected chi connectivity index (χ0v) is 15.0. The Bertz CT molecular complexity index is 976. The van der Waals surface area contributed by atoms with Crippen molar-refractivity contribution in [2.45, 2.75) is 0 Å². The number of anilines is 1. The minimum absolute atomic E-state index is 0.0767. The van der Waals surface area contributed by atoms with E-state index in [1.807, 2.05) is 0 Å². The smallest absolute Gasteiger partial charge is 0.256 e. The van der Waals surface area contributed by atoms with E-state index in [0.717, 1.165) is 0 Å². The Balaban J connectivity index is 2.27. The van der Waals surface area contributed by atoms with Crippen LogP contribution in [0.4, 0.5) is 10.1 Å². The van der Waals surface area contributed by atoms with Gasteiger partial charge in [-0.05, 0) is 42.0 Å². The number of allylic oxidation sites excluding steroid dienone is 2. The highest BCUT2D eigenvalue weighted by molar-refractivity contribution is 6.33. The van der Waals surface area contributed by atoms with Crippen molar-refractivity contribution >= 4 is 17.2 Å². The van der Waals surface area contributed by atoms with Gasteiger partial charge in [-0.15, -0.1) is 0 Å². The Morgan fingerprint density at radius 2 is 1.93 bits per heavy atom. The highest BCUT2D eigenvalue weighted by atomic mass is 19.1. The second kappa shape index (κ2) is 7.37. The number of carbonyl (C=O) groups is 1. The number of rotatable bonds is 5. The highest BCUT2D eigenvalue weighted by Crippen LogP contribution is 2.41. The zero-order chi connectivity index (χ0) is 19.6. The SMILES string of the molecule is C=C/C(OC)=C(/C=C1\C(=O)Nc2ccc(F)c(-c3ccc(O)cc3)c21)NC. The fourth-order valence-corrected chi connectivity index (χ4v) is 3.03. The van der Waals surface area contributed by atoms with Gasteiger partial charge in [0.05, 0.1) is 18.4 Å². The predicted molar refractivity (Wildman–Crippen MR) is 103 cm³/mol. The molecular weight excluding hydrogens is 347 g/mol. The predicted octanol–water partition coefficient (Wildman–Crippen LogP) is 3.80. The van der Waals surface area contributed by atoms with Crippen molar-refractivity contribution in [1.82, 2.24) is 5.32 Å². The lowest BCUT2D eigenvalue weighted by atomic mass is 9.93. The minimum Gasteiger partial charge on any atom is -0.508 e. The van der Waals surface area contributed by atoms with Gasteiger partial charge in [0.25, 0.3) is 5.91 Å². The van der Waals surface area contributed by atoms with E-state index in [9.17, 15) is 14.3 Å². The van der Waals surface area contributed by atoms with E-state index in [1.165, 1.54) is 37.5 Å². The van der Waals surface area contributed by atoms with Crippen molar-refractivity contribution in [2.75, 3.05) is 19.5 Å². The van der Waals surface area contributed by atoms with Gasteiger partial charge in [0.2, 0.25) is 0 Å². The van der Waals surface area contributed by atoms with Crippen LogP contribution < -0.4 is 10.6 Å². The molecule has 2 aromatic rings. The summed E-state index contributed by atoms with van der Waals surface area (Å²) in [6.45, 7) is 3.69. The molecule has 27 heavy (non-hydrogen) atoms. The van der Waals surface area contributed by atoms with Gasteiger partial charge < -0.3 is 20.5 Å². The Hall–Kier alpha value is -3.54. The van der Waals surface area contributed by atoms with Crippen LogP contribution in [0.15, 0.2) is 66.6 Å². The molecule has 0 atom stereocenters. The van der Waals surface area contributed by atoms with Crippen molar-refractivity contribution in [2.24, 2.45) is 0 Å². The lowest BCUT2D eigenvalue weighted by molar-refractivity contribution is -0.110. The molecule has 1 aliphatic rings. The van der Waals surface area contributed by atoms with E-state index in [1.54, 1.807) is 25.3 Å². The van der Waals surface area contributed by atoms with E-state index < -0.39 is 5.82 Å². The van der Waals surface area contributed by atoms with Crippen LogP contribution in [0.3, 0.4) is 0 Å². The molecule has 0 fully saturated rings. The Kier molecular flexibility index (Phi) is 4.98. The number of fused-ring (bicyclic) bond motifs is 1. The van der Waals surface area contributed by atoms with Gasteiger partial charge in [0.1, 0.15) is 17.3 Å². The summed E-state index contributed by atoms with van der Waals surface area (Å²) in [5.74, 6) is -0.280. The first kappa shape index (κ1) is 18.3. The summed E-state index contributed by atoms with van der Waals surface area (Å²) in [4.78, 5) is 12.6. The molecule has 3 N–H and O–H groups in total. The molecule has 138 valence electrons. The van der Waals surface area contributed by atoms with Crippen LogP contribution in [0.1, 0.15) is 5.56 Å². The summed E-state index contributed by atoms with van der Waals surface area (Å²) < 4.78 is 20.0. The number of ether oxygens (including phenoxy) is 1. The van der Waals surface area contributed by atoms with Crippen molar-refractivity contribution in [1.29, 1.82) is 0 Å². The molecule has 0 aromatic heterocycles. The number of carbonyl (C=O) groups excluding carboxylic acids is 1. The maximum atomic E-state index is 14.7. The molecule has 0 aliphatic carbocycles.